The third-order valence-corrected chi connectivity index (χ3v) is 1.70. The van der Waals surface area contributed by atoms with Crippen molar-refractivity contribution < 1.29 is 29.3 Å². The van der Waals surface area contributed by atoms with Gasteiger partial charge in [0.15, 0.2) is 0 Å². The first-order valence-corrected chi connectivity index (χ1v) is 4.60. The smallest absolute Gasteiger partial charge is 0.414 e. The maximum Gasteiger partial charge on any atom is 0.414 e. The van der Waals surface area contributed by atoms with E-state index in [0.717, 1.165) is 5.69 Å². The molecule has 0 amide bonds. The molecule has 18 heavy (non-hydrogen) atoms. The minimum Gasteiger partial charge on any atom is -0.497 e. The van der Waals surface area contributed by atoms with E-state index in [1.165, 1.54) is 0 Å². The van der Waals surface area contributed by atoms with Crippen molar-refractivity contribution in [3.63, 3.8) is 0 Å². The van der Waals surface area contributed by atoms with Crippen LogP contribution in [-0.2, 0) is 9.59 Å². The van der Waals surface area contributed by atoms with Crippen LogP contribution in [0.4, 0.5) is 5.69 Å². The van der Waals surface area contributed by atoms with Crippen LogP contribution in [0, 0.1) is 0 Å². The Bertz CT molecular complexity index is 354. The summed E-state index contributed by atoms with van der Waals surface area (Å²) in [7, 11) is 3.18. The largest absolute Gasteiger partial charge is 0.497 e. The van der Waals surface area contributed by atoms with E-state index in [2.05, 4.69) is 5.43 Å². The Kier molecular flexibility index (Phi) is 6.67. The number of nitrogens with one attached hydrogen (secondary N) is 1. The summed E-state index contributed by atoms with van der Waals surface area (Å²) < 4.78 is 10.0. The van der Waals surface area contributed by atoms with Crippen molar-refractivity contribution in [3.8, 4) is 11.5 Å². The number of benzene rings is 1. The van der Waals surface area contributed by atoms with E-state index in [0.29, 0.717) is 11.5 Å². The molecular formula is C10H14N2O6. The maximum atomic E-state index is 9.10. The van der Waals surface area contributed by atoms with E-state index in [1.807, 2.05) is 0 Å². The van der Waals surface area contributed by atoms with E-state index in [-0.39, 0.29) is 0 Å². The molecule has 0 atom stereocenters. The molecule has 0 aliphatic heterocycles. The number of nitrogen functional groups attached to an aromatic ring is 1. The molecule has 0 heterocycles. The topological polar surface area (TPSA) is 131 Å². The molecule has 0 bridgehead atoms. The van der Waals surface area contributed by atoms with Crippen molar-refractivity contribution in [2.75, 3.05) is 19.6 Å². The highest BCUT2D eigenvalue weighted by atomic mass is 16.5. The number of carboxylic acid groups (broad SMARTS) is 2. The molecule has 0 fully saturated rings. The van der Waals surface area contributed by atoms with Gasteiger partial charge in [0.1, 0.15) is 11.5 Å². The van der Waals surface area contributed by atoms with Crippen LogP contribution in [0.2, 0.25) is 0 Å². The fraction of sp³-hybridized carbons (Fsp3) is 0.200. The van der Waals surface area contributed by atoms with Crippen molar-refractivity contribution in [2.45, 2.75) is 0 Å². The molecule has 5 N–H and O–H groups in total. The molecule has 0 spiro atoms. The van der Waals surface area contributed by atoms with E-state index < -0.39 is 11.9 Å². The summed E-state index contributed by atoms with van der Waals surface area (Å²) >= 11 is 0. The SMILES string of the molecule is COc1cc(NN)cc(OC)c1.O=C(O)C(=O)O. The summed E-state index contributed by atoms with van der Waals surface area (Å²) in [4.78, 5) is 18.2. The van der Waals surface area contributed by atoms with Crippen LogP contribution < -0.4 is 20.7 Å². The Morgan fingerprint density at radius 3 is 1.67 bits per heavy atom. The number of carbonyl (C=O) groups is 2. The Hall–Kier alpha value is -2.48. The van der Waals surface area contributed by atoms with Crippen LogP contribution in [0.1, 0.15) is 0 Å². The van der Waals surface area contributed by atoms with Gasteiger partial charge in [0.2, 0.25) is 0 Å². The van der Waals surface area contributed by atoms with Gasteiger partial charge in [-0.3, -0.25) is 5.84 Å². The van der Waals surface area contributed by atoms with Crippen LogP contribution in [0.5, 0.6) is 11.5 Å². The second-order valence-electron chi connectivity index (χ2n) is 2.86. The molecule has 1 aromatic carbocycles. The third kappa shape index (κ3) is 5.56. The first-order valence-electron chi connectivity index (χ1n) is 4.60. The lowest BCUT2D eigenvalue weighted by atomic mass is 10.3. The number of methoxy groups -OCH3 is 2. The van der Waals surface area contributed by atoms with Crippen molar-refractivity contribution >= 4 is 17.6 Å². The van der Waals surface area contributed by atoms with Crippen LogP contribution in [-0.4, -0.2) is 36.4 Å². The van der Waals surface area contributed by atoms with Crippen molar-refractivity contribution in [3.05, 3.63) is 18.2 Å². The van der Waals surface area contributed by atoms with Gasteiger partial charge >= 0.3 is 11.9 Å². The van der Waals surface area contributed by atoms with Crippen LogP contribution >= 0.6 is 0 Å². The lowest BCUT2D eigenvalue weighted by molar-refractivity contribution is -0.159. The lowest BCUT2D eigenvalue weighted by Crippen LogP contribution is -2.09. The van der Waals surface area contributed by atoms with Gasteiger partial charge < -0.3 is 25.1 Å². The number of ether oxygens (including phenoxy) is 2. The average molecular weight is 258 g/mol. The normalized spacial score (nSPS) is 8.61. The molecule has 8 heteroatoms. The lowest BCUT2D eigenvalue weighted by Gasteiger charge is -2.07. The van der Waals surface area contributed by atoms with Crippen LogP contribution in [0.25, 0.3) is 0 Å². The van der Waals surface area contributed by atoms with E-state index in [4.69, 9.17) is 35.1 Å². The van der Waals surface area contributed by atoms with Crippen molar-refractivity contribution in [2.24, 2.45) is 5.84 Å². The highest BCUT2D eigenvalue weighted by Gasteiger charge is 2.04. The molecule has 100 valence electrons. The predicted molar refractivity (Wildman–Crippen MR) is 62.6 cm³/mol. The fourth-order valence-electron chi connectivity index (χ4n) is 0.891. The maximum absolute atomic E-state index is 9.10. The first kappa shape index (κ1) is 15.5. The van der Waals surface area contributed by atoms with Gasteiger partial charge in [0.05, 0.1) is 19.9 Å². The highest BCUT2D eigenvalue weighted by Crippen LogP contribution is 2.24. The molecule has 1 rings (SSSR count). The highest BCUT2D eigenvalue weighted by molar-refractivity contribution is 6.27. The van der Waals surface area contributed by atoms with Gasteiger partial charge in [-0.25, -0.2) is 9.59 Å². The van der Waals surface area contributed by atoms with E-state index in [9.17, 15) is 0 Å². The Morgan fingerprint density at radius 1 is 1.06 bits per heavy atom. The van der Waals surface area contributed by atoms with Crippen LogP contribution in [0.15, 0.2) is 18.2 Å². The molecule has 0 radical (unpaired) electrons. The number of hydrogen-bond acceptors (Lipinski definition) is 6. The number of rotatable bonds is 3. The zero-order valence-corrected chi connectivity index (χ0v) is 9.84. The van der Waals surface area contributed by atoms with Gasteiger partial charge in [-0.15, -0.1) is 0 Å². The summed E-state index contributed by atoms with van der Waals surface area (Å²) in [6, 6.07) is 5.34. The molecule has 8 nitrogen and oxygen atoms in total. The fourth-order valence-corrected chi connectivity index (χ4v) is 0.891. The summed E-state index contributed by atoms with van der Waals surface area (Å²) in [5.41, 5.74) is 3.27. The van der Waals surface area contributed by atoms with Crippen molar-refractivity contribution in [1.29, 1.82) is 0 Å². The Labute approximate surface area is 103 Å². The zero-order chi connectivity index (χ0) is 14.1. The third-order valence-electron chi connectivity index (χ3n) is 1.70. The number of hydrazine groups is 1. The second kappa shape index (κ2) is 7.74. The Morgan fingerprint density at radius 2 is 1.44 bits per heavy atom. The quantitative estimate of drug-likeness (QED) is 0.342. The predicted octanol–water partition coefficient (Wildman–Crippen LogP) is 0.145. The number of hydrogen-bond donors (Lipinski definition) is 4. The molecule has 0 saturated heterocycles. The minimum atomic E-state index is -1.82. The molecule has 0 aromatic heterocycles. The molecule has 1 aromatic rings. The monoisotopic (exact) mass is 258 g/mol. The molecular weight excluding hydrogens is 244 g/mol. The average Bonchev–Trinajstić information content (AvgIpc) is 2.38. The molecule has 0 aliphatic carbocycles. The molecule has 0 aliphatic rings. The van der Waals surface area contributed by atoms with Crippen molar-refractivity contribution in [1.82, 2.24) is 0 Å². The van der Waals surface area contributed by atoms with Crippen LogP contribution in [0.3, 0.4) is 0 Å². The standard InChI is InChI=1S/C8H12N2O2.C2H2O4/c1-11-7-3-6(10-9)4-8(5-7)12-2;3-1(4)2(5)6/h3-5,10H,9H2,1-2H3;(H,3,4)(H,5,6). The minimum absolute atomic E-state index is 0.710. The van der Waals surface area contributed by atoms with E-state index in [1.54, 1.807) is 32.4 Å². The van der Waals surface area contributed by atoms with Gasteiger partial charge in [0.25, 0.3) is 0 Å². The molecule has 0 unspecified atom stereocenters. The number of anilines is 1. The van der Waals surface area contributed by atoms with Gasteiger partial charge in [-0.1, -0.05) is 0 Å². The summed E-state index contributed by atoms with van der Waals surface area (Å²) in [6.07, 6.45) is 0. The summed E-state index contributed by atoms with van der Waals surface area (Å²) in [5.74, 6) is 3.01. The number of nitrogens with two attached hydrogens (primary N) is 1. The molecule has 0 saturated carbocycles. The number of aliphatic carboxylic acids is 2. The van der Waals surface area contributed by atoms with Gasteiger partial charge in [0, 0.05) is 18.2 Å². The summed E-state index contributed by atoms with van der Waals surface area (Å²) in [6.45, 7) is 0. The van der Waals surface area contributed by atoms with Gasteiger partial charge in [-0.05, 0) is 0 Å². The van der Waals surface area contributed by atoms with Gasteiger partial charge in [-0.2, -0.15) is 0 Å². The first-order chi connectivity index (χ1) is 8.44. The van der Waals surface area contributed by atoms with E-state index >= 15 is 0 Å². The second-order valence-corrected chi connectivity index (χ2v) is 2.86. The summed E-state index contributed by atoms with van der Waals surface area (Å²) in [5, 5.41) is 14.8. The zero-order valence-electron chi connectivity index (χ0n) is 9.84. The Balaban J connectivity index is 0.000000411. The number of carboxylic acids is 2.